The van der Waals surface area contributed by atoms with Crippen molar-refractivity contribution in [2.45, 2.75) is 57.5 Å². The number of hydrogen-bond acceptors (Lipinski definition) is 4. The summed E-state index contributed by atoms with van der Waals surface area (Å²) in [5, 5.41) is 11.7. The van der Waals surface area contributed by atoms with Crippen molar-refractivity contribution in [3.05, 3.63) is 11.9 Å². The number of carbonyl (C=O) groups excluding carboxylic acids is 1. The lowest BCUT2D eigenvalue weighted by Gasteiger charge is -2.35. The van der Waals surface area contributed by atoms with Crippen LogP contribution in [0.15, 0.2) is 6.20 Å². The van der Waals surface area contributed by atoms with Crippen LogP contribution in [-0.4, -0.2) is 52.0 Å². The zero-order valence-corrected chi connectivity index (χ0v) is 13.7. The quantitative estimate of drug-likeness (QED) is 0.926. The number of piperidine rings is 1. The van der Waals surface area contributed by atoms with Gasteiger partial charge in [-0.1, -0.05) is 25.0 Å². The van der Waals surface area contributed by atoms with Gasteiger partial charge in [-0.3, -0.25) is 4.79 Å². The van der Waals surface area contributed by atoms with Gasteiger partial charge in [-0.15, -0.1) is 5.10 Å². The second-order valence-corrected chi connectivity index (χ2v) is 6.81. The van der Waals surface area contributed by atoms with E-state index in [2.05, 4.69) is 22.6 Å². The van der Waals surface area contributed by atoms with Gasteiger partial charge in [-0.05, 0) is 44.7 Å². The highest BCUT2D eigenvalue weighted by Crippen LogP contribution is 2.28. The molecule has 3 rings (SSSR count). The smallest absolute Gasteiger partial charge is 0.276 e. The molecule has 1 aromatic rings. The predicted molar refractivity (Wildman–Crippen MR) is 84.7 cm³/mol. The van der Waals surface area contributed by atoms with Gasteiger partial charge >= 0.3 is 0 Å². The fourth-order valence-corrected chi connectivity index (χ4v) is 3.83. The minimum Gasteiger partial charge on any atom is -0.337 e. The van der Waals surface area contributed by atoms with E-state index in [1.165, 1.54) is 19.3 Å². The van der Waals surface area contributed by atoms with Crippen LogP contribution in [0.5, 0.6) is 0 Å². The third-order valence-corrected chi connectivity index (χ3v) is 5.30. The standard InChI is InChI=1S/C16H27N5O/c1-12-5-3-4-6-15(12)20(2)16(22)14-11-21(19-18-14)13-7-9-17-10-8-13/h11-13,15,17H,3-10H2,1-2H3. The number of hydrogen-bond donors (Lipinski definition) is 1. The molecule has 0 radical (unpaired) electrons. The summed E-state index contributed by atoms with van der Waals surface area (Å²) in [6.45, 7) is 4.26. The predicted octanol–water partition coefficient (Wildman–Crippen LogP) is 1.85. The van der Waals surface area contributed by atoms with Gasteiger partial charge in [0.15, 0.2) is 5.69 Å². The van der Waals surface area contributed by atoms with E-state index in [4.69, 9.17) is 0 Å². The zero-order chi connectivity index (χ0) is 15.5. The van der Waals surface area contributed by atoms with Gasteiger partial charge < -0.3 is 10.2 Å². The summed E-state index contributed by atoms with van der Waals surface area (Å²) in [5.74, 6) is 0.584. The van der Waals surface area contributed by atoms with Crippen LogP contribution in [0.2, 0.25) is 0 Å². The molecule has 0 bridgehead atoms. The summed E-state index contributed by atoms with van der Waals surface area (Å²) >= 11 is 0. The Morgan fingerprint density at radius 1 is 1.27 bits per heavy atom. The Hall–Kier alpha value is -1.43. The molecule has 0 spiro atoms. The normalized spacial score (nSPS) is 26.8. The number of carbonyl (C=O) groups is 1. The van der Waals surface area contributed by atoms with E-state index in [9.17, 15) is 4.79 Å². The molecule has 2 atom stereocenters. The SMILES string of the molecule is CC1CCCCC1N(C)C(=O)c1cn(C2CCNCC2)nn1. The average Bonchev–Trinajstić information content (AvgIpc) is 3.05. The molecular formula is C16H27N5O. The van der Waals surface area contributed by atoms with Crippen LogP contribution < -0.4 is 5.32 Å². The molecule has 2 aliphatic rings. The van der Waals surface area contributed by atoms with E-state index in [1.807, 2.05) is 22.8 Å². The van der Waals surface area contributed by atoms with E-state index in [0.717, 1.165) is 32.4 Å². The Balaban J connectivity index is 1.67. The van der Waals surface area contributed by atoms with Gasteiger partial charge in [-0.25, -0.2) is 4.68 Å². The monoisotopic (exact) mass is 305 g/mol. The van der Waals surface area contributed by atoms with E-state index in [1.54, 1.807) is 0 Å². The van der Waals surface area contributed by atoms with Crippen molar-refractivity contribution in [2.24, 2.45) is 5.92 Å². The highest BCUT2D eigenvalue weighted by atomic mass is 16.2. The molecule has 1 N–H and O–H groups in total. The number of nitrogens with zero attached hydrogens (tertiary/aromatic N) is 4. The maximum absolute atomic E-state index is 12.7. The summed E-state index contributed by atoms with van der Waals surface area (Å²) in [4.78, 5) is 14.6. The third kappa shape index (κ3) is 3.16. The van der Waals surface area contributed by atoms with Gasteiger partial charge in [0.1, 0.15) is 0 Å². The van der Waals surface area contributed by atoms with Crippen molar-refractivity contribution < 1.29 is 4.79 Å². The van der Waals surface area contributed by atoms with Gasteiger partial charge in [0.2, 0.25) is 0 Å². The Kier molecular flexibility index (Phi) is 4.76. The minimum absolute atomic E-state index is 0.0129. The maximum Gasteiger partial charge on any atom is 0.276 e. The van der Waals surface area contributed by atoms with Crippen LogP contribution in [0.1, 0.15) is 62.0 Å². The molecule has 2 fully saturated rings. The van der Waals surface area contributed by atoms with E-state index in [-0.39, 0.29) is 5.91 Å². The summed E-state index contributed by atoms with van der Waals surface area (Å²) in [6.07, 6.45) is 8.75. The van der Waals surface area contributed by atoms with Crippen molar-refractivity contribution >= 4 is 5.91 Å². The van der Waals surface area contributed by atoms with E-state index in [0.29, 0.717) is 23.7 Å². The number of nitrogens with one attached hydrogen (secondary N) is 1. The molecule has 1 aromatic heterocycles. The van der Waals surface area contributed by atoms with Crippen LogP contribution in [0, 0.1) is 5.92 Å². The number of aromatic nitrogens is 3. The molecule has 1 amide bonds. The minimum atomic E-state index is 0.0129. The molecule has 2 unspecified atom stereocenters. The third-order valence-electron chi connectivity index (χ3n) is 5.30. The van der Waals surface area contributed by atoms with Gasteiger partial charge in [0.25, 0.3) is 5.91 Å². The summed E-state index contributed by atoms with van der Waals surface area (Å²) < 4.78 is 1.88. The van der Waals surface area contributed by atoms with Crippen LogP contribution in [0.4, 0.5) is 0 Å². The Morgan fingerprint density at radius 2 is 2.00 bits per heavy atom. The van der Waals surface area contributed by atoms with E-state index < -0.39 is 0 Å². The molecule has 22 heavy (non-hydrogen) atoms. The fraction of sp³-hybridized carbons (Fsp3) is 0.812. The highest BCUT2D eigenvalue weighted by Gasteiger charge is 2.30. The highest BCUT2D eigenvalue weighted by molar-refractivity contribution is 5.92. The molecule has 2 heterocycles. The molecule has 1 saturated heterocycles. The molecule has 1 aliphatic carbocycles. The van der Waals surface area contributed by atoms with Crippen molar-refractivity contribution in [1.29, 1.82) is 0 Å². The molecule has 1 saturated carbocycles. The first-order chi connectivity index (χ1) is 10.7. The molecule has 122 valence electrons. The largest absolute Gasteiger partial charge is 0.337 e. The molecule has 6 heteroatoms. The molecule has 0 aromatic carbocycles. The Labute approximate surface area is 132 Å². The number of amides is 1. The van der Waals surface area contributed by atoms with Crippen molar-refractivity contribution in [3.8, 4) is 0 Å². The first kappa shape index (κ1) is 15.5. The zero-order valence-electron chi connectivity index (χ0n) is 13.7. The number of rotatable bonds is 3. The van der Waals surface area contributed by atoms with Crippen LogP contribution in [0.25, 0.3) is 0 Å². The first-order valence-corrected chi connectivity index (χ1v) is 8.56. The Bertz CT molecular complexity index is 508. The second kappa shape index (κ2) is 6.77. The topological polar surface area (TPSA) is 63.1 Å². The van der Waals surface area contributed by atoms with Gasteiger partial charge in [0.05, 0.1) is 12.2 Å². The van der Waals surface area contributed by atoms with Crippen LogP contribution in [-0.2, 0) is 0 Å². The summed E-state index contributed by atoms with van der Waals surface area (Å²) in [6, 6.07) is 0.708. The Morgan fingerprint density at radius 3 is 2.73 bits per heavy atom. The fourth-order valence-electron chi connectivity index (χ4n) is 3.83. The van der Waals surface area contributed by atoms with Gasteiger partial charge in [-0.2, -0.15) is 0 Å². The van der Waals surface area contributed by atoms with Crippen LogP contribution >= 0.6 is 0 Å². The molecule has 6 nitrogen and oxygen atoms in total. The second-order valence-electron chi connectivity index (χ2n) is 6.81. The molecule has 1 aliphatic heterocycles. The first-order valence-electron chi connectivity index (χ1n) is 8.56. The van der Waals surface area contributed by atoms with Crippen molar-refractivity contribution in [2.75, 3.05) is 20.1 Å². The van der Waals surface area contributed by atoms with Gasteiger partial charge in [0, 0.05) is 13.1 Å². The lowest BCUT2D eigenvalue weighted by Crippen LogP contribution is -2.42. The van der Waals surface area contributed by atoms with Crippen molar-refractivity contribution in [3.63, 3.8) is 0 Å². The lowest BCUT2D eigenvalue weighted by molar-refractivity contribution is 0.0623. The summed E-state index contributed by atoms with van der Waals surface area (Å²) in [7, 11) is 1.92. The van der Waals surface area contributed by atoms with Crippen LogP contribution in [0.3, 0.4) is 0 Å². The lowest BCUT2D eigenvalue weighted by atomic mass is 9.85. The summed E-state index contributed by atoms with van der Waals surface area (Å²) in [5.41, 5.74) is 0.485. The van der Waals surface area contributed by atoms with Crippen molar-refractivity contribution in [1.82, 2.24) is 25.2 Å². The average molecular weight is 305 g/mol. The maximum atomic E-state index is 12.7. The van der Waals surface area contributed by atoms with E-state index >= 15 is 0 Å². The molecular weight excluding hydrogens is 278 g/mol.